The Kier molecular flexibility index (Phi) is 2.68. The number of rotatable bonds is 3. The number of aromatic hydroxyl groups is 1. The van der Waals surface area contributed by atoms with E-state index in [0.29, 0.717) is 17.6 Å². The summed E-state index contributed by atoms with van der Waals surface area (Å²) in [7, 11) is 0. The second kappa shape index (κ2) is 4.00. The number of nitrogens with zero attached hydrogens (tertiary/aromatic N) is 1. The average molecular weight is 222 g/mol. The molecule has 0 atom stereocenters. The Labute approximate surface area is 93.2 Å². The summed E-state index contributed by atoms with van der Waals surface area (Å²) in [5.41, 5.74) is 0.416. The van der Waals surface area contributed by atoms with Crippen molar-refractivity contribution in [2.24, 2.45) is 5.92 Å². The van der Waals surface area contributed by atoms with E-state index < -0.39 is 4.92 Å². The lowest BCUT2D eigenvalue weighted by Gasteiger charge is -2.33. The smallest absolute Gasteiger partial charge is 0.296 e. The fraction of sp³-hybridized carbons (Fsp3) is 0.455. The van der Waals surface area contributed by atoms with Gasteiger partial charge in [-0.25, -0.2) is 0 Å². The predicted octanol–water partition coefficient (Wildman–Crippen LogP) is 2.51. The van der Waals surface area contributed by atoms with Crippen LogP contribution in [0.2, 0.25) is 0 Å². The van der Waals surface area contributed by atoms with Crippen LogP contribution in [-0.4, -0.2) is 16.1 Å². The summed E-state index contributed by atoms with van der Waals surface area (Å²) < 4.78 is 0. The first-order chi connectivity index (χ1) is 7.56. The molecule has 0 saturated heterocycles. The van der Waals surface area contributed by atoms with Crippen molar-refractivity contribution in [1.29, 1.82) is 0 Å². The van der Waals surface area contributed by atoms with E-state index in [0.717, 1.165) is 12.8 Å². The molecule has 0 radical (unpaired) electrons. The molecular weight excluding hydrogens is 208 g/mol. The largest absolute Gasteiger partial charge is 0.508 e. The van der Waals surface area contributed by atoms with Crippen molar-refractivity contribution in [2.45, 2.75) is 25.8 Å². The summed E-state index contributed by atoms with van der Waals surface area (Å²) >= 11 is 0. The van der Waals surface area contributed by atoms with Crippen LogP contribution in [0.4, 0.5) is 11.4 Å². The van der Waals surface area contributed by atoms with Gasteiger partial charge in [0.05, 0.1) is 11.0 Å². The monoisotopic (exact) mass is 222 g/mol. The molecule has 0 heterocycles. The first-order valence-corrected chi connectivity index (χ1v) is 5.30. The van der Waals surface area contributed by atoms with Crippen molar-refractivity contribution >= 4 is 11.4 Å². The zero-order valence-corrected chi connectivity index (χ0v) is 9.01. The lowest BCUT2D eigenvalue weighted by atomic mass is 9.82. The van der Waals surface area contributed by atoms with E-state index in [9.17, 15) is 15.2 Å². The summed E-state index contributed by atoms with van der Waals surface area (Å²) in [6.45, 7) is 2.16. The molecule has 0 aromatic heterocycles. The highest BCUT2D eigenvalue weighted by atomic mass is 16.6. The zero-order chi connectivity index (χ0) is 11.7. The summed E-state index contributed by atoms with van der Waals surface area (Å²) in [5.74, 6) is 0.605. The number of benzene rings is 1. The molecule has 5 nitrogen and oxygen atoms in total. The molecule has 2 N–H and O–H groups in total. The Morgan fingerprint density at radius 3 is 2.75 bits per heavy atom. The van der Waals surface area contributed by atoms with Crippen molar-refractivity contribution in [3.8, 4) is 5.75 Å². The zero-order valence-electron chi connectivity index (χ0n) is 9.01. The van der Waals surface area contributed by atoms with Crippen LogP contribution in [0.15, 0.2) is 18.2 Å². The van der Waals surface area contributed by atoms with Crippen LogP contribution in [0.3, 0.4) is 0 Å². The van der Waals surface area contributed by atoms with E-state index in [-0.39, 0.29) is 11.4 Å². The maximum atomic E-state index is 10.8. The Bertz CT molecular complexity index is 414. The van der Waals surface area contributed by atoms with E-state index in [1.165, 1.54) is 12.1 Å². The highest BCUT2D eigenvalue weighted by molar-refractivity contribution is 5.64. The highest BCUT2D eigenvalue weighted by Crippen LogP contribution is 2.34. The lowest BCUT2D eigenvalue weighted by molar-refractivity contribution is -0.384. The van der Waals surface area contributed by atoms with E-state index in [4.69, 9.17) is 0 Å². The molecule has 0 aliphatic heterocycles. The quantitative estimate of drug-likeness (QED) is 0.468. The molecule has 1 aliphatic carbocycles. The molecule has 5 heteroatoms. The van der Waals surface area contributed by atoms with E-state index >= 15 is 0 Å². The van der Waals surface area contributed by atoms with Gasteiger partial charge in [-0.1, -0.05) is 6.92 Å². The third-order valence-corrected chi connectivity index (χ3v) is 2.91. The van der Waals surface area contributed by atoms with Crippen LogP contribution in [0.5, 0.6) is 5.75 Å². The van der Waals surface area contributed by atoms with Gasteiger partial charge in [-0.2, -0.15) is 0 Å². The van der Waals surface area contributed by atoms with Gasteiger partial charge in [0.15, 0.2) is 0 Å². The molecule has 1 saturated carbocycles. The summed E-state index contributed by atoms with van der Waals surface area (Å²) in [6, 6.07) is 4.50. The topological polar surface area (TPSA) is 75.4 Å². The number of phenolic OH excluding ortho intramolecular Hbond substituents is 1. The summed E-state index contributed by atoms with van der Waals surface area (Å²) in [6.07, 6.45) is 2.08. The fourth-order valence-electron chi connectivity index (χ4n) is 2.03. The molecule has 86 valence electrons. The maximum absolute atomic E-state index is 10.8. The lowest BCUT2D eigenvalue weighted by Crippen LogP contribution is -2.33. The third kappa shape index (κ3) is 2.08. The summed E-state index contributed by atoms with van der Waals surface area (Å²) in [4.78, 5) is 10.3. The minimum atomic E-state index is -0.482. The van der Waals surface area contributed by atoms with Gasteiger partial charge in [-0.05, 0) is 30.9 Å². The Morgan fingerprint density at radius 2 is 2.19 bits per heavy atom. The molecule has 16 heavy (non-hydrogen) atoms. The Hall–Kier alpha value is -1.78. The van der Waals surface area contributed by atoms with Gasteiger partial charge in [0.2, 0.25) is 0 Å². The van der Waals surface area contributed by atoms with Gasteiger partial charge in [-0.15, -0.1) is 0 Å². The average Bonchev–Trinajstić information content (AvgIpc) is 2.17. The van der Waals surface area contributed by atoms with Gasteiger partial charge in [-0.3, -0.25) is 10.1 Å². The molecule has 0 unspecified atom stereocenters. The van der Waals surface area contributed by atoms with Crippen molar-refractivity contribution in [3.63, 3.8) is 0 Å². The second-order valence-corrected chi connectivity index (χ2v) is 4.38. The molecule has 2 rings (SSSR count). The minimum absolute atomic E-state index is 0.0699. The minimum Gasteiger partial charge on any atom is -0.508 e. The van der Waals surface area contributed by atoms with Crippen LogP contribution in [-0.2, 0) is 0 Å². The molecular formula is C11H14N2O3. The Balaban J connectivity index is 2.16. The van der Waals surface area contributed by atoms with Crippen molar-refractivity contribution < 1.29 is 10.0 Å². The van der Waals surface area contributed by atoms with Gasteiger partial charge < -0.3 is 10.4 Å². The highest BCUT2D eigenvalue weighted by Gasteiger charge is 2.27. The normalized spacial score (nSPS) is 23.6. The standard InChI is InChI=1S/C11H14N2O3/c1-7-4-8(5-7)12-10-3-2-9(14)6-11(10)13(15)16/h2-3,6-8,12,14H,4-5H2,1H3. The van der Waals surface area contributed by atoms with Crippen LogP contribution in [0.25, 0.3) is 0 Å². The van der Waals surface area contributed by atoms with Gasteiger partial charge in [0.25, 0.3) is 5.69 Å². The SMILES string of the molecule is CC1CC(Nc2ccc(O)cc2[N+](=O)[O-])C1. The number of nitrogens with one attached hydrogen (secondary N) is 1. The van der Waals surface area contributed by atoms with Gasteiger partial charge in [0, 0.05) is 6.04 Å². The van der Waals surface area contributed by atoms with E-state index in [2.05, 4.69) is 12.2 Å². The molecule has 1 fully saturated rings. The first-order valence-electron chi connectivity index (χ1n) is 5.30. The van der Waals surface area contributed by atoms with Crippen LogP contribution >= 0.6 is 0 Å². The van der Waals surface area contributed by atoms with Crippen LogP contribution in [0, 0.1) is 16.0 Å². The third-order valence-electron chi connectivity index (χ3n) is 2.91. The number of nitro benzene ring substituents is 1. The van der Waals surface area contributed by atoms with E-state index in [1.54, 1.807) is 6.07 Å². The maximum Gasteiger partial charge on any atom is 0.296 e. The van der Waals surface area contributed by atoms with Gasteiger partial charge >= 0.3 is 0 Å². The second-order valence-electron chi connectivity index (χ2n) is 4.38. The molecule has 1 aromatic carbocycles. The summed E-state index contributed by atoms with van der Waals surface area (Å²) in [5, 5.41) is 23.1. The van der Waals surface area contributed by atoms with Crippen molar-refractivity contribution in [1.82, 2.24) is 0 Å². The molecule has 0 amide bonds. The molecule has 0 spiro atoms. The van der Waals surface area contributed by atoms with Gasteiger partial charge in [0.1, 0.15) is 11.4 Å². The Morgan fingerprint density at radius 1 is 1.50 bits per heavy atom. The van der Waals surface area contributed by atoms with E-state index in [1.807, 2.05) is 0 Å². The fourth-order valence-corrected chi connectivity index (χ4v) is 2.03. The number of nitro groups is 1. The number of anilines is 1. The molecule has 1 aromatic rings. The predicted molar refractivity (Wildman–Crippen MR) is 60.6 cm³/mol. The van der Waals surface area contributed by atoms with Crippen molar-refractivity contribution in [3.05, 3.63) is 28.3 Å². The van der Waals surface area contributed by atoms with Crippen molar-refractivity contribution in [2.75, 3.05) is 5.32 Å². The number of phenols is 1. The molecule has 1 aliphatic rings. The molecule has 0 bridgehead atoms. The van der Waals surface area contributed by atoms with Crippen LogP contribution < -0.4 is 5.32 Å². The van der Waals surface area contributed by atoms with Crippen LogP contribution in [0.1, 0.15) is 19.8 Å². The number of hydrogen-bond acceptors (Lipinski definition) is 4. The first kappa shape index (κ1) is 10.7. The number of hydrogen-bond donors (Lipinski definition) is 2.